The smallest absolute Gasteiger partial charge is 0.191 e. The van der Waals surface area contributed by atoms with Crippen LogP contribution in [0.25, 0.3) is 5.82 Å². The van der Waals surface area contributed by atoms with E-state index in [4.69, 9.17) is 4.42 Å². The molecule has 0 bridgehead atoms. The van der Waals surface area contributed by atoms with Gasteiger partial charge in [0.2, 0.25) is 0 Å². The van der Waals surface area contributed by atoms with Gasteiger partial charge in [0.1, 0.15) is 29.3 Å². The van der Waals surface area contributed by atoms with Gasteiger partial charge in [-0.2, -0.15) is 0 Å². The first-order valence-electron chi connectivity index (χ1n) is 9.64. The summed E-state index contributed by atoms with van der Waals surface area (Å²) in [6, 6.07) is 5.79. The van der Waals surface area contributed by atoms with Crippen molar-refractivity contribution < 1.29 is 9.52 Å². The van der Waals surface area contributed by atoms with Crippen LogP contribution in [0.2, 0.25) is 0 Å². The third kappa shape index (κ3) is 5.23. The number of hydrogen-bond acceptors (Lipinski definition) is 5. The zero-order chi connectivity index (χ0) is 20.9. The van der Waals surface area contributed by atoms with Gasteiger partial charge in [0, 0.05) is 30.7 Å². The molecule has 8 nitrogen and oxygen atoms in total. The summed E-state index contributed by atoms with van der Waals surface area (Å²) >= 11 is 0. The summed E-state index contributed by atoms with van der Waals surface area (Å²) in [7, 11) is 0. The Hall–Kier alpha value is -3.13. The largest absolute Gasteiger partial charge is 0.466 e. The standard InChI is InChI=1S/C21H28N6O2/c1-5-23-20(26-13-21(4,28)18-10-15(2)29-16(18)3)25-12-17-6-7-19(24-11-17)27-9-8-22-14-27/h6-11,14,28H,5,12-13H2,1-4H3,(H2,23,25,26). The molecule has 3 aromatic heterocycles. The Labute approximate surface area is 170 Å². The van der Waals surface area contributed by atoms with Gasteiger partial charge in [-0.15, -0.1) is 0 Å². The molecule has 3 N–H and O–H groups in total. The molecule has 0 aromatic carbocycles. The number of nitrogens with one attached hydrogen (secondary N) is 2. The molecule has 8 heteroatoms. The number of nitrogens with zero attached hydrogens (tertiary/aromatic N) is 4. The first-order valence-corrected chi connectivity index (χ1v) is 9.64. The summed E-state index contributed by atoms with van der Waals surface area (Å²) in [5.74, 6) is 2.94. The molecule has 3 rings (SSSR count). The predicted molar refractivity (Wildman–Crippen MR) is 112 cm³/mol. The van der Waals surface area contributed by atoms with Crippen molar-refractivity contribution in [1.82, 2.24) is 25.2 Å². The summed E-state index contributed by atoms with van der Waals surface area (Å²) in [6.07, 6.45) is 7.08. The number of hydrogen-bond donors (Lipinski definition) is 3. The van der Waals surface area contributed by atoms with E-state index >= 15 is 0 Å². The van der Waals surface area contributed by atoms with Crippen LogP contribution >= 0.6 is 0 Å². The Bertz CT molecular complexity index is 942. The van der Waals surface area contributed by atoms with Gasteiger partial charge < -0.3 is 20.2 Å². The van der Waals surface area contributed by atoms with Crippen molar-refractivity contribution in [2.75, 3.05) is 13.1 Å². The maximum Gasteiger partial charge on any atom is 0.191 e. The fourth-order valence-electron chi connectivity index (χ4n) is 3.09. The molecule has 1 unspecified atom stereocenters. The zero-order valence-corrected chi connectivity index (χ0v) is 17.3. The number of aryl methyl sites for hydroxylation is 2. The highest BCUT2D eigenvalue weighted by Crippen LogP contribution is 2.26. The van der Waals surface area contributed by atoms with Crippen molar-refractivity contribution in [2.24, 2.45) is 4.99 Å². The van der Waals surface area contributed by atoms with E-state index in [0.29, 0.717) is 19.0 Å². The molecular weight excluding hydrogens is 368 g/mol. The molecule has 3 heterocycles. The Kier molecular flexibility index (Phi) is 6.33. The van der Waals surface area contributed by atoms with E-state index in [-0.39, 0.29) is 0 Å². The van der Waals surface area contributed by atoms with Crippen molar-refractivity contribution in [3.05, 3.63) is 65.8 Å². The van der Waals surface area contributed by atoms with Gasteiger partial charge in [0.15, 0.2) is 5.96 Å². The van der Waals surface area contributed by atoms with Gasteiger partial charge in [-0.05, 0) is 45.4 Å². The van der Waals surface area contributed by atoms with Crippen LogP contribution in [-0.4, -0.2) is 38.7 Å². The van der Waals surface area contributed by atoms with Crippen LogP contribution in [0.5, 0.6) is 0 Å². The van der Waals surface area contributed by atoms with Crippen LogP contribution in [0, 0.1) is 13.8 Å². The van der Waals surface area contributed by atoms with Gasteiger partial charge in [-0.1, -0.05) is 6.07 Å². The lowest BCUT2D eigenvalue weighted by Gasteiger charge is -2.24. The Morgan fingerprint density at radius 2 is 2.14 bits per heavy atom. The molecule has 0 saturated heterocycles. The number of rotatable bonds is 7. The lowest BCUT2D eigenvalue weighted by molar-refractivity contribution is 0.0601. The van der Waals surface area contributed by atoms with E-state index in [2.05, 4.69) is 25.6 Å². The third-order valence-corrected chi connectivity index (χ3v) is 4.56. The molecule has 0 spiro atoms. The number of imidazole rings is 1. The fourth-order valence-corrected chi connectivity index (χ4v) is 3.09. The minimum absolute atomic E-state index is 0.302. The molecule has 0 radical (unpaired) electrons. The van der Waals surface area contributed by atoms with Gasteiger partial charge in [0.05, 0.1) is 13.1 Å². The van der Waals surface area contributed by atoms with Crippen LogP contribution in [0.1, 0.15) is 36.5 Å². The quantitative estimate of drug-likeness (QED) is 0.419. The topological polar surface area (TPSA) is 100 Å². The van der Waals surface area contributed by atoms with E-state index in [1.54, 1.807) is 25.6 Å². The Morgan fingerprint density at radius 3 is 2.72 bits per heavy atom. The second kappa shape index (κ2) is 8.91. The first kappa shape index (κ1) is 20.6. The molecular formula is C21H28N6O2. The van der Waals surface area contributed by atoms with Crippen LogP contribution in [0.3, 0.4) is 0 Å². The number of furan rings is 1. The highest BCUT2D eigenvalue weighted by Gasteiger charge is 2.27. The van der Waals surface area contributed by atoms with E-state index in [1.165, 1.54) is 0 Å². The summed E-state index contributed by atoms with van der Waals surface area (Å²) in [5.41, 5.74) is 0.684. The normalized spacial score (nSPS) is 13.9. The molecule has 154 valence electrons. The molecule has 0 aliphatic heterocycles. The van der Waals surface area contributed by atoms with Gasteiger partial charge >= 0.3 is 0 Å². The average molecular weight is 396 g/mol. The number of pyridine rings is 1. The molecule has 29 heavy (non-hydrogen) atoms. The van der Waals surface area contributed by atoms with Crippen LogP contribution in [-0.2, 0) is 12.1 Å². The maximum atomic E-state index is 10.9. The summed E-state index contributed by atoms with van der Waals surface area (Å²) in [6.45, 7) is 8.98. The minimum Gasteiger partial charge on any atom is -0.466 e. The van der Waals surface area contributed by atoms with E-state index in [9.17, 15) is 5.11 Å². The summed E-state index contributed by atoms with van der Waals surface area (Å²) in [5, 5.41) is 17.3. The monoisotopic (exact) mass is 396 g/mol. The number of aliphatic hydroxyl groups is 1. The number of aliphatic imine (C=N–C) groups is 1. The lowest BCUT2D eigenvalue weighted by Crippen LogP contribution is -2.44. The van der Waals surface area contributed by atoms with Crippen molar-refractivity contribution in [2.45, 2.75) is 39.8 Å². The zero-order valence-electron chi connectivity index (χ0n) is 17.3. The van der Waals surface area contributed by atoms with Crippen LogP contribution in [0.4, 0.5) is 0 Å². The second-order valence-corrected chi connectivity index (χ2v) is 7.14. The van der Waals surface area contributed by atoms with Crippen LogP contribution < -0.4 is 10.6 Å². The maximum absolute atomic E-state index is 10.9. The van der Waals surface area contributed by atoms with E-state index in [0.717, 1.165) is 35.0 Å². The summed E-state index contributed by atoms with van der Waals surface area (Å²) in [4.78, 5) is 13.1. The fraction of sp³-hybridized carbons (Fsp3) is 0.381. The van der Waals surface area contributed by atoms with E-state index < -0.39 is 5.60 Å². The summed E-state index contributed by atoms with van der Waals surface area (Å²) < 4.78 is 7.40. The van der Waals surface area contributed by atoms with Crippen molar-refractivity contribution in [1.29, 1.82) is 0 Å². The van der Waals surface area contributed by atoms with Crippen molar-refractivity contribution in [3.63, 3.8) is 0 Å². The van der Waals surface area contributed by atoms with Gasteiger partial charge in [-0.3, -0.25) is 4.57 Å². The molecule has 1 atom stereocenters. The third-order valence-electron chi connectivity index (χ3n) is 4.56. The highest BCUT2D eigenvalue weighted by atomic mass is 16.3. The van der Waals surface area contributed by atoms with Gasteiger partial charge in [0.25, 0.3) is 0 Å². The van der Waals surface area contributed by atoms with Crippen LogP contribution in [0.15, 0.2) is 52.5 Å². The molecule has 0 amide bonds. The van der Waals surface area contributed by atoms with Gasteiger partial charge in [-0.25, -0.2) is 15.0 Å². The molecule has 0 aliphatic rings. The second-order valence-electron chi connectivity index (χ2n) is 7.14. The minimum atomic E-state index is -1.08. The average Bonchev–Trinajstić information content (AvgIpc) is 3.34. The van der Waals surface area contributed by atoms with E-state index in [1.807, 2.05) is 49.7 Å². The SMILES string of the molecule is CCNC(=NCc1ccc(-n2ccnc2)nc1)NCC(C)(O)c1cc(C)oc1C. The Balaban J connectivity index is 1.64. The predicted octanol–water partition coefficient (Wildman–Crippen LogP) is 2.44. The first-order chi connectivity index (χ1) is 13.9. The lowest BCUT2D eigenvalue weighted by atomic mass is 9.96. The number of guanidine groups is 1. The molecule has 0 saturated carbocycles. The molecule has 0 aliphatic carbocycles. The highest BCUT2D eigenvalue weighted by molar-refractivity contribution is 5.79. The molecule has 3 aromatic rings. The molecule has 0 fully saturated rings. The van der Waals surface area contributed by atoms with Crippen molar-refractivity contribution >= 4 is 5.96 Å². The van der Waals surface area contributed by atoms with Crippen molar-refractivity contribution in [3.8, 4) is 5.82 Å². The number of aromatic nitrogens is 3. The Morgan fingerprint density at radius 1 is 1.31 bits per heavy atom.